The number of aromatic nitrogens is 2. The van der Waals surface area contributed by atoms with Gasteiger partial charge in [0.1, 0.15) is 11.6 Å². The molecule has 0 saturated heterocycles. The van der Waals surface area contributed by atoms with Crippen LogP contribution in [0.2, 0.25) is 0 Å². The van der Waals surface area contributed by atoms with Crippen molar-refractivity contribution in [3.05, 3.63) is 42.0 Å². The number of benzene rings is 1. The molecule has 0 atom stereocenters. The highest BCUT2D eigenvalue weighted by atomic mass is 19.1. The molecule has 18 heavy (non-hydrogen) atoms. The van der Waals surface area contributed by atoms with Crippen molar-refractivity contribution < 1.29 is 14.2 Å². The van der Waals surface area contributed by atoms with E-state index in [1.807, 2.05) is 13.8 Å². The predicted molar refractivity (Wildman–Crippen MR) is 65.0 cm³/mol. The van der Waals surface area contributed by atoms with Gasteiger partial charge in [-0.05, 0) is 26.0 Å². The minimum Gasteiger partial charge on any atom is -0.454 e. The fourth-order valence-corrected chi connectivity index (χ4v) is 1.57. The summed E-state index contributed by atoms with van der Waals surface area (Å²) in [6, 6.07) is 4.67. The summed E-state index contributed by atoms with van der Waals surface area (Å²) in [6.45, 7) is 3.59. The average molecular weight is 250 g/mol. The maximum absolute atomic E-state index is 13.4. The van der Waals surface area contributed by atoms with Crippen LogP contribution in [0.4, 0.5) is 4.39 Å². The van der Waals surface area contributed by atoms with Crippen LogP contribution in [-0.2, 0) is 6.61 Å². The van der Waals surface area contributed by atoms with Crippen molar-refractivity contribution in [2.75, 3.05) is 0 Å². The van der Waals surface area contributed by atoms with E-state index in [9.17, 15) is 4.39 Å². The van der Waals surface area contributed by atoms with Gasteiger partial charge in [0.15, 0.2) is 5.75 Å². The SMILES string of the molecule is CC(C)n1cc(Oc2cccc(F)c2CO)cn1. The first-order chi connectivity index (χ1) is 8.61. The molecule has 0 amide bonds. The normalized spacial score (nSPS) is 10.9. The molecule has 1 aromatic carbocycles. The lowest BCUT2D eigenvalue weighted by atomic mass is 10.2. The largest absolute Gasteiger partial charge is 0.454 e. The number of aliphatic hydroxyl groups is 1. The van der Waals surface area contributed by atoms with Crippen molar-refractivity contribution in [2.24, 2.45) is 0 Å². The summed E-state index contributed by atoms with van der Waals surface area (Å²) in [5, 5.41) is 13.3. The molecule has 1 aromatic heterocycles. The first kappa shape index (κ1) is 12.6. The van der Waals surface area contributed by atoms with Gasteiger partial charge in [0.25, 0.3) is 0 Å². The topological polar surface area (TPSA) is 47.3 Å². The molecule has 1 N–H and O–H groups in total. The van der Waals surface area contributed by atoms with Gasteiger partial charge < -0.3 is 9.84 Å². The highest BCUT2D eigenvalue weighted by molar-refractivity contribution is 5.37. The number of aliphatic hydroxyl groups excluding tert-OH is 1. The van der Waals surface area contributed by atoms with Gasteiger partial charge in [-0.1, -0.05) is 6.07 Å². The molecule has 0 bridgehead atoms. The molecule has 0 spiro atoms. The fourth-order valence-electron chi connectivity index (χ4n) is 1.57. The smallest absolute Gasteiger partial charge is 0.165 e. The lowest BCUT2D eigenvalue weighted by Crippen LogP contribution is -1.99. The summed E-state index contributed by atoms with van der Waals surface area (Å²) in [5.41, 5.74) is 0.148. The number of hydrogen-bond donors (Lipinski definition) is 1. The molecule has 1 heterocycles. The molecule has 0 aliphatic heterocycles. The van der Waals surface area contributed by atoms with Crippen LogP contribution in [0.3, 0.4) is 0 Å². The van der Waals surface area contributed by atoms with Crippen LogP contribution in [0.25, 0.3) is 0 Å². The van der Waals surface area contributed by atoms with E-state index >= 15 is 0 Å². The summed E-state index contributed by atoms with van der Waals surface area (Å²) < 4.78 is 20.7. The second kappa shape index (κ2) is 5.18. The van der Waals surface area contributed by atoms with Crippen molar-refractivity contribution in [3.8, 4) is 11.5 Å². The Hall–Kier alpha value is -1.88. The van der Waals surface area contributed by atoms with Gasteiger partial charge in [0.05, 0.1) is 24.6 Å². The third-order valence-electron chi connectivity index (χ3n) is 2.57. The Kier molecular flexibility index (Phi) is 3.62. The molecule has 4 nitrogen and oxygen atoms in total. The second-order valence-corrected chi connectivity index (χ2v) is 4.23. The summed E-state index contributed by atoms with van der Waals surface area (Å²) in [5.74, 6) is 0.344. The van der Waals surface area contributed by atoms with E-state index < -0.39 is 12.4 Å². The Morgan fingerprint density at radius 3 is 2.83 bits per heavy atom. The van der Waals surface area contributed by atoms with Crippen LogP contribution in [0, 0.1) is 5.82 Å². The minimum absolute atomic E-state index is 0.148. The molecule has 0 saturated carbocycles. The third kappa shape index (κ3) is 2.51. The number of hydrogen-bond acceptors (Lipinski definition) is 3. The maximum atomic E-state index is 13.4. The Morgan fingerprint density at radius 2 is 2.22 bits per heavy atom. The average Bonchev–Trinajstić information content (AvgIpc) is 2.78. The summed E-state index contributed by atoms with van der Waals surface area (Å²) in [7, 11) is 0. The van der Waals surface area contributed by atoms with Crippen LogP contribution in [-0.4, -0.2) is 14.9 Å². The quantitative estimate of drug-likeness (QED) is 0.907. The zero-order chi connectivity index (χ0) is 13.1. The van der Waals surface area contributed by atoms with Gasteiger partial charge in [0, 0.05) is 6.04 Å². The molecule has 0 aliphatic carbocycles. The van der Waals surface area contributed by atoms with Gasteiger partial charge >= 0.3 is 0 Å². The van der Waals surface area contributed by atoms with Gasteiger partial charge in [-0.25, -0.2) is 4.39 Å². The lowest BCUT2D eigenvalue weighted by Gasteiger charge is -2.08. The maximum Gasteiger partial charge on any atom is 0.165 e. The molecule has 0 aliphatic rings. The van der Waals surface area contributed by atoms with Crippen molar-refractivity contribution >= 4 is 0 Å². The van der Waals surface area contributed by atoms with Crippen molar-refractivity contribution in [3.63, 3.8) is 0 Å². The number of rotatable bonds is 4. The van der Waals surface area contributed by atoms with Gasteiger partial charge in [0.2, 0.25) is 0 Å². The Bertz CT molecular complexity index is 538. The summed E-state index contributed by atoms with van der Waals surface area (Å²) in [6.07, 6.45) is 3.29. The van der Waals surface area contributed by atoms with Crippen LogP contribution in [0.15, 0.2) is 30.6 Å². The van der Waals surface area contributed by atoms with E-state index in [0.29, 0.717) is 11.5 Å². The monoisotopic (exact) mass is 250 g/mol. The molecule has 96 valence electrons. The van der Waals surface area contributed by atoms with E-state index in [-0.39, 0.29) is 11.6 Å². The molecular formula is C13H15FN2O2. The number of ether oxygens (including phenoxy) is 1. The molecule has 2 rings (SSSR count). The standard InChI is InChI=1S/C13H15FN2O2/c1-9(2)16-7-10(6-15-16)18-13-5-3-4-12(14)11(13)8-17/h3-7,9,17H,8H2,1-2H3. The van der Waals surface area contributed by atoms with Crippen LogP contribution in [0.1, 0.15) is 25.5 Å². The predicted octanol–water partition coefficient (Wildman–Crippen LogP) is 2.89. The van der Waals surface area contributed by atoms with E-state index in [4.69, 9.17) is 9.84 Å². The molecular weight excluding hydrogens is 235 g/mol. The summed E-state index contributed by atoms with van der Waals surface area (Å²) >= 11 is 0. The van der Waals surface area contributed by atoms with Crippen LogP contribution in [0.5, 0.6) is 11.5 Å². The van der Waals surface area contributed by atoms with E-state index in [0.717, 1.165) is 0 Å². The summed E-state index contributed by atoms with van der Waals surface area (Å²) in [4.78, 5) is 0. The zero-order valence-electron chi connectivity index (χ0n) is 10.3. The first-order valence-corrected chi connectivity index (χ1v) is 5.72. The number of halogens is 1. The van der Waals surface area contributed by atoms with Gasteiger partial charge in [-0.2, -0.15) is 5.10 Å². The van der Waals surface area contributed by atoms with Crippen molar-refractivity contribution in [2.45, 2.75) is 26.5 Å². The Labute approximate surface area is 105 Å². The Morgan fingerprint density at radius 1 is 1.44 bits per heavy atom. The Balaban J connectivity index is 2.25. The van der Waals surface area contributed by atoms with Crippen LogP contribution < -0.4 is 4.74 Å². The molecule has 0 fully saturated rings. The molecule has 0 radical (unpaired) electrons. The van der Waals surface area contributed by atoms with Crippen molar-refractivity contribution in [1.29, 1.82) is 0 Å². The minimum atomic E-state index is -0.480. The third-order valence-corrected chi connectivity index (χ3v) is 2.57. The van der Waals surface area contributed by atoms with E-state index in [1.165, 1.54) is 12.1 Å². The number of nitrogens with zero attached hydrogens (tertiary/aromatic N) is 2. The molecule has 5 heteroatoms. The first-order valence-electron chi connectivity index (χ1n) is 5.72. The highest BCUT2D eigenvalue weighted by Crippen LogP contribution is 2.27. The zero-order valence-corrected chi connectivity index (χ0v) is 10.3. The lowest BCUT2D eigenvalue weighted by molar-refractivity contribution is 0.270. The highest BCUT2D eigenvalue weighted by Gasteiger charge is 2.10. The van der Waals surface area contributed by atoms with Crippen LogP contribution >= 0.6 is 0 Å². The fraction of sp³-hybridized carbons (Fsp3) is 0.308. The molecule has 2 aromatic rings. The second-order valence-electron chi connectivity index (χ2n) is 4.23. The van der Waals surface area contributed by atoms with E-state index in [1.54, 1.807) is 23.1 Å². The molecule has 0 unspecified atom stereocenters. The van der Waals surface area contributed by atoms with E-state index in [2.05, 4.69) is 5.10 Å². The van der Waals surface area contributed by atoms with Gasteiger partial charge in [-0.3, -0.25) is 4.68 Å². The van der Waals surface area contributed by atoms with Gasteiger partial charge in [-0.15, -0.1) is 0 Å². The van der Waals surface area contributed by atoms with Crippen molar-refractivity contribution in [1.82, 2.24) is 9.78 Å².